The van der Waals surface area contributed by atoms with Gasteiger partial charge >= 0.3 is 0 Å². The zero-order valence-electron chi connectivity index (χ0n) is 21.8. The summed E-state index contributed by atoms with van der Waals surface area (Å²) in [6, 6.07) is 0. The Labute approximate surface area is 207 Å². The normalized spacial score (nSPS) is 39.5. The summed E-state index contributed by atoms with van der Waals surface area (Å²) in [6.45, 7) is 4.64. The van der Waals surface area contributed by atoms with Gasteiger partial charge in [0, 0.05) is 17.8 Å². The summed E-state index contributed by atoms with van der Waals surface area (Å²) in [4.78, 5) is 12.2. The first-order chi connectivity index (χ1) is 16.4. The Bertz CT molecular complexity index is 843. The molecule has 2 bridgehead atoms. The van der Waals surface area contributed by atoms with Gasteiger partial charge in [0.1, 0.15) is 0 Å². The molecule has 3 nitrogen and oxygen atoms in total. The first-order valence-corrected chi connectivity index (χ1v) is 14.7. The standard InChI is InChI=1S/C31H48O3/c1-3-4-5-6-7-8-9-10-11-27(33)25-21-29(2)30(16-18-31(29,34)19-17-30)26-15-12-22-20-23(32)13-14-24(22)28(25)26/h20,25-27,33-34H,3-19,21H2,1-2H3/t25-,26-,27?,29+,30?,31?/m1/s1. The van der Waals surface area contributed by atoms with Gasteiger partial charge in [-0.3, -0.25) is 4.79 Å². The number of ketones is 1. The highest BCUT2D eigenvalue weighted by Gasteiger charge is 2.74. The van der Waals surface area contributed by atoms with Crippen LogP contribution in [-0.2, 0) is 4.79 Å². The lowest BCUT2D eigenvalue weighted by Gasteiger charge is -2.58. The number of hydrogen-bond donors (Lipinski definition) is 2. The fraction of sp³-hybridized carbons (Fsp3) is 0.839. The van der Waals surface area contributed by atoms with Gasteiger partial charge in [0.25, 0.3) is 0 Å². The highest BCUT2D eigenvalue weighted by molar-refractivity contribution is 5.93. The van der Waals surface area contributed by atoms with Crippen LogP contribution in [0.2, 0.25) is 0 Å². The Morgan fingerprint density at radius 3 is 2.35 bits per heavy atom. The van der Waals surface area contributed by atoms with E-state index >= 15 is 0 Å². The van der Waals surface area contributed by atoms with Crippen molar-refractivity contribution in [3.63, 3.8) is 0 Å². The van der Waals surface area contributed by atoms with Crippen molar-refractivity contribution >= 4 is 5.78 Å². The minimum atomic E-state index is -0.543. The molecule has 0 aromatic heterocycles. The number of fused-ring (bicyclic) bond motifs is 2. The fourth-order valence-electron chi connectivity index (χ4n) is 9.42. The van der Waals surface area contributed by atoms with Gasteiger partial charge in [-0.05, 0) is 86.3 Å². The van der Waals surface area contributed by atoms with E-state index in [1.54, 1.807) is 0 Å². The third-order valence-corrected chi connectivity index (χ3v) is 11.4. The second-order valence-corrected chi connectivity index (χ2v) is 12.8. The SMILES string of the molecule is CCCCCCCCCCC(O)[C@H]1C[C@]2(C)C3(O)CCC2(CC3)[C@@H]2CCC3=CC(=O)CCC3=C21. The summed E-state index contributed by atoms with van der Waals surface area (Å²) in [5.74, 6) is 0.924. The van der Waals surface area contributed by atoms with Crippen molar-refractivity contribution in [3.05, 3.63) is 22.8 Å². The molecular formula is C31H48O3. The minimum absolute atomic E-state index is 0.0780. The third kappa shape index (κ3) is 3.79. The lowest BCUT2D eigenvalue weighted by Crippen LogP contribution is -2.54. The Morgan fingerprint density at radius 1 is 0.971 bits per heavy atom. The first kappa shape index (κ1) is 24.8. The van der Waals surface area contributed by atoms with Gasteiger partial charge in [-0.1, -0.05) is 70.8 Å². The number of carbonyl (C=O) groups excluding carboxylic acids is 1. The topological polar surface area (TPSA) is 57.5 Å². The van der Waals surface area contributed by atoms with Crippen molar-refractivity contribution in [2.75, 3.05) is 0 Å². The largest absolute Gasteiger partial charge is 0.393 e. The first-order valence-electron chi connectivity index (χ1n) is 14.7. The van der Waals surface area contributed by atoms with Gasteiger partial charge in [0.2, 0.25) is 0 Å². The minimum Gasteiger partial charge on any atom is -0.393 e. The van der Waals surface area contributed by atoms with Crippen molar-refractivity contribution in [2.24, 2.45) is 22.7 Å². The molecule has 1 unspecified atom stereocenters. The Kier molecular flexibility index (Phi) is 6.92. The molecule has 3 saturated carbocycles. The quantitative estimate of drug-likeness (QED) is 0.333. The highest BCUT2D eigenvalue weighted by Crippen LogP contribution is 2.78. The molecule has 5 aliphatic rings. The highest BCUT2D eigenvalue weighted by atomic mass is 16.3. The number of aliphatic hydroxyl groups excluding tert-OH is 1. The van der Waals surface area contributed by atoms with Crippen LogP contribution in [-0.4, -0.2) is 27.7 Å². The average Bonchev–Trinajstić information content (AvgIpc) is 3.20. The van der Waals surface area contributed by atoms with Gasteiger partial charge < -0.3 is 10.2 Å². The number of aliphatic hydroxyl groups is 2. The maximum atomic E-state index is 12.2. The maximum absolute atomic E-state index is 12.2. The van der Waals surface area contributed by atoms with E-state index < -0.39 is 5.60 Å². The number of rotatable bonds is 10. The van der Waals surface area contributed by atoms with Crippen molar-refractivity contribution in [1.82, 2.24) is 0 Å². The summed E-state index contributed by atoms with van der Waals surface area (Å²) in [5, 5.41) is 23.4. The van der Waals surface area contributed by atoms with Crippen molar-refractivity contribution in [2.45, 2.75) is 141 Å². The van der Waals surface area contributed by atoms with Crippen LogP contribution < -0.4 is 0 Å². The average molecular weight is 469 g/mol. The number of allylic oxidation sites excluding steroid dienone is 3. The maximum Gasteiger partial charge on any atom is 0.156 e. The lowest BCUT2D eigenvalue weighted by molar-refractivity contribution is -0.115. The van der Waals surface area contributed by atoms with E-state index in [0.29, 0.717) is 12.3 Å². The molecule has 0 aromatic carbocycles. The third-order valence-electron chi connectivity index (χ3n) is 11.4. The van der Waals surface area contributed by atoms with E-state index in [2.05, 4.69) is 13.8 Å². The predicted molar refractivity (Wildman–Crippen MR) is 137 cm³/mol. The van der Waals surface area contributed by atoms with E-state index in [9.17, 15) is 15.0 Å². The summed E-state index contributed by atoms with van der Waals surface area (Å²) in [6.07, 6.45) is 21.5. The Balaban J connectivity index is 1.36. The van der Waals surface area contributed by atoms with E-state index in [0.717, 1.165) is 64.2 Å². The van der Waals surface area contributed by atoms with Crippen molar-refractivity contribution in [1.29, 1.82) is 0 Å². The van der Waals surface area contributed by atoms with Gasteiger partial charge in [0.05, 0.1) is 11.7 Å². The zero-order valence-corrected chi connectivity index (χ0v) is 21.8. The second-order valence-electron chi connectivity index (χ2n) is 12.8. The van der Waals surface area contributed by atoms with Crippen LogP contribution >= 0.6 is 0 Å². The molecule has 3 heteroatoms. The van der Waals surface area contributed by atoms with E-state index in [-0.39, 0.29) is 28.6 Å². The molecule has 0 aromatic rings. The molecule has 0 radical (unpaired) electrons. The molecule has 0 heterocycles. The molecule has 0 amide bonds. The fourth-order valence-corrected chi connectivity index (χ4v) is 9.42. The van der Waals surface area contributed by atoms with Crippen LogP contribution in [0.15, 0.2) is 22.8 Å². The van der Waals surface area contributed by atoms with Crippen LogP contribution in [0.3, 0.4) is 0 Å². The molecule has 5 rings (SSSR count). The molecular weight excluding hydrogens is 420 g/mol. The lowest BCUT2D eigenvalue weighted by atomic mass is 9.46. The molecule has 4 atom stereocenters. The number of hydrogen-bond acceptors (Lipinski definition) is 3. The van der Waals surface area contributed by atoms with Crippen LogP contribution in [0.1, 0.15) is 129 Å². The molecule has 0 saturated heterocycles. The monoisotopic (exact) mass is 468 g/mol. The van der Waals surface area contributed by atoms with Crippen LogP contribution in [0.4, 0.5) is 0 Å². The summed E-state index contributed by atoms with van der Waals surface area (Å²) < 4.78 is 0. The Hall–Kier alpha value is -0.930. The summed E-state index contributed by atoms with van der Waals surface area (Å²) in [5.41, 5.74) is 3.82. The van der Waals surface area contributed by atoms with Crippen molar-refractivity contribution in [3.8, 4) is 0 Å². The molecule has 0 spiro atoms. The smallest absolute Gasteiger partial charge is 0.156 e. The Morgan fingerprint density at radius 2 is 1.65 bits per heavy atom. The van der Waals surface area contributed by atoms with E-state index in [4.69, 9.17) is 0 Å². The van der Waals surface area contributed by atoms with Gasteiger partial charge in [-0.2, -0.15) is 0 Å². The molecule has 3 fully saturated rings. The molecule has 0 aliphatic heterocycles. The van der Waals surface area contributed by atoms with Gasteiger partial charge in [-0.25, -0.2) is 0 Å². The molecule has 34 heavy (non-hydrogen) atoms. The predicted octanol–water partition coefficient (Wildman–Crippen LogP) is 7.21. The van der Waals surface area contributed by atoms with E-state index in [1.807, 2.05) is 6.08 Å². The van der Waals surface area contributed by atoms with Crippen LogP contribution in [0.5, 0.6) is 0 Å². The second kappa shape index (κ2) is 9.51. The molecule has 2 N–H and O–H groups in total. The number of carbonyl (C=O) groups is 1. The van der Waals surface area contributed by atoms with Gasteiger partial charge in [-0.15, -0.1) is 0 Å². The van der Waals surface area contributed by atoms with Crippen LogP contribution in [0, 0.1) is 22.7 Å². The van der Waals surface area contributed by atoms with Gasteiger partial charge in [0.15, 0.2) is 5.78 Å². The zero-order chi connectivity index (χ0) is 24.0. The van der Waals surface area contributed by atoms with Crippen molar-refractivity contribution < 1.29 is 15.0 Å². The molecule has 190 valence electrons. The molecule has 5 aliphatic carbocycles. The van der Waals surface area contributed by atoms with Crippen LogP contribution in [0.25, 0.3) is 0 Å². The number of unbranched alkanes of at least 4 members (excludes halogenated alkanes) is 7. The summed E-state index contributed by atoms with van der Waals surface area (Å²) in [7, 11) is 0. The summed E-state index contributed by atoms with van der Waals surface area (Å²) >= 11 is 0. The van der Waals surface area contributed by atoms with E-state index in [1.165, 1.54) is 61.7 Å².